The predicted octanol–water partition coefficient (Wildman–Crippen LogP) is 2.32. The molecule has 22 heavy (non-hydrogen) atoms. The molecule has 1 aromatic heterocycles. The number of para-hydroxylation sites is 1. The van der Waals surface area contributed by atoms with Gasteiger partial charge in [0.15, 0.2) is 0 Å². The van der Waals surface area contributed by atoms with Crippen molar-refractivity contribution in [3.05, 3.63) is 63.1 Å². The highest BCUT2D eigenvalue weighted by molar-refractivity contribution is 5.96. The number of hydrogen-bond donors (Lipinski definition) is 2. The Morgan fingerprint density at radius 3 is 2.68 bits per heavy atom. The van der Waals surface area contributed by atoms with Gasteiger partial charge in [0.05, 0.1) is 12.2 Å². The van der Waals surface area contributed by atoms with Gasteiger partial charge in [0.25, 0.3) is 11.5 Å². The second-order valence-electron chi connectivity index (χ2n) is 5.05. The van der Waals surface area contributed by atoms with Crippen molar-refractivity contribution in [1.29, 1.82) is 0 Å². The molecule has 116 valence electrons. The third kappa shape index (κ3) is 3.55. The molecule has 0 fully saturated rings. The molecule has 0 unspecified atom stereocenters. The predicted molar refractivity (Wildman–Crippen MR) is 85.3 cm³/mol. The summed E-state index contributed by atoms with van der Waals surface area (Å²) >= 11 is 0. The number of aromatic nitrogens is 1. The fourth-order valence-electron chi connectivity index (χ4n) is 2.30. The van der Waals surface area contributed by atoms with E-state index in [4.69, 9.17) is 4.74 Å². The molecule has 0 saturated heterocycles. The zero-order chi connectivity index (χ0) is 16.1. The maximum atomic E-state index is 12.3. The van der Waals surface area contributed by atoms with E-state index in [0.717, 1.165) is 11.3 Å². The van der Waals surface area contributed by atoms with Gasteiger partial charge in [-0.05, 0) is 44.5 Å². The van der Waals surface area contributed by atoms with Crippen LogP contribution in [0.15, 0.2) is 35.1 Å². The molecule has 0 bridgehead atoms. The fraction of sp³-hybridized carbons (Fsp3) is 0.294. The van der Waals surface area contributed by atoms with Crippen LogP contribution in [0, 0.1) is 13.8 Å². The molecule has 5 nitrogen and oxygen atoms in total. The maximum Gasteiger partial charge on any atom is 0.255 e. The third-order valence-corrected chi connectivity index (χ3v) is 3.35. The average molecular weight is 300 g/mol. The van der Waals surface area contributed by atoms with Gasteiger partial charge in [-0.1, -0.05) is 12.1 Å². The van der Waals surface area contributed by atoms with E-state index in [0.29, 0.717) is 23.5 Å². The van der Waals surface area contributed by atoms with E-state index in [2.05, 4.69) is 10.3 Å². The van der Waals surface area contributed by atoms with Crippen molar-refractivity contribution in [3.63, 3.8) is 0 Å². The molecule has 0 atom stereocenters. The third-order valence-electron chi connectivity index (χ3n) is 3.35. The van der Waals surface area contributed by atoms with Crippen LogP contribution in [0.5, 0.6) is 5.75 Å². The van der Waals surface area contributed by atoms with Crippen molar-refractivity contribution in [2.45, 2.75) is 27.3 Å². The lowest BCUT2D eigenvalue weighted by Crippen LogP contribution is -2.28. The van der Waals surface area contributed by atoms with Crippen molar-refractivity contribution < 1.29 is 9.53 Å². The van der Waals surface area contributed by atoms with Crippen molar-refractivity contribution >= 4 is 5.91 Å². The fourth-order valence-corrected chi connectivity index (χ4v) is 2.30. The second-order valence-corrected chi connectivity index (χ2v) is 5.05. The minimum Gasteiger partial charge on any atom is -0.493 e. The first-order chi connectivity index (χ1) is 10.5. The maximum absolute atomic E-state index is 12.3. The number of aromatic amines is 1. The van der Waals surface area contributed by atoms with E-state index in [1.165, 1.54) is 0 Å². The van der Waals surface area contributed by atoms with Gasteiger partial charge in [-0.15, -0.1) is 0 Å². The molecule has 1 heterocycles. The first kappa shape index (κ1) is 15.8. The summed E-state index contributed by atoms with van der Waals surface area (Å²) in [5.74, 6) is 0.278. The van der Waals surface area contributed by atoms with Gasteiger partial charge in [0, 0.05) is 17.8 Å². The van der Waals surface area contributed by atoms with Crippen molar-refractivity contribution in [3.8, 4) is 5.75 Å². The normalized spacial score (nSPS) is 10.3. The number of ether oxygens (including phenoxy) is 1. The molecule has 0 aliphatic carbocycles. The monoisotopic (exact) mass is 300 g/mol. The minimum absolute atomic E-state index is 0.170. The number of pyridine rings is 1. The van der Waals surface area contributed by atoms with Crippen LogP contribution in [0.25, 0.3) is 0 Å². The summed E-state index contributed by atoms with van der Waals surface area (Å²) < 4.78 is 5.44. The van der Waals surface area contributed by atoms with Gasteiger partial charge < -0.3 is 15.0 Å². The highest BCUT2D eigenvalue weighted by atomic mass is 16.5. The van der Waals surface area contributed by atoms with Gasteiger partial charge in [-0.25, -0.2) is 0 Å². The van der Waals surface area contributed by atoms with E-state index >= 15 is 0 Å². The smallest absolute Gasteiger partial charge is 0.255 e. The number of carbonyl (C=O) groups is 1. The Kier molecular flexibility index (Phi) is 4.99. The molecule has 5 heteroatoms. The number of aryl methyl sites for hydroxylation is 2. The van der Waals surface area contributed by atoms with Crippen LogP contribution in [-0.2, 0) is 6.54 Å². The Morgan fingerprint density at radius 2 is 2.00 bits per heavy atom. The standard InChI is InChI=1S/C17H20N2O3/c1-4-22-15-8-6-5-7-13(15)16(20)18-10-14-11(2)9-12(3)19-17(14)21/h5-9H,4,10H2,1-3H3,(H,18,20)(H,19,21). The Labute approximate surface area is 129 Å². The molecule has 0 radical (unpaired) electrons. The zero-order valence-corrected chi connectivity index (χ0v) is 13.0. The molecule has 2 N–H and O–H groups in total. The number of benzene rings is 1. The van der Waals surface area contributed by atoms with Crippen LogP contribution in [-0.4, -0.2) is 17.5 Å². The molecule has 1 aromatic carbocycles. The number of hydrogen-bond acceptors (Lipinski definition) is 3. The van der Waals surface area contributed by atoms with Gasteiger partial charge in [0.2, 0.25) is 0 Å². The van der Waals surface area contributed by atoms with Gasteiger partial charge in [-0.2, -0.15) is 0 Å². The minimum atomic E-state index is -0.261. The lowest BCUT2D eigenvalue weighted by atomic mass is 10.1. The highest BCUT2D eigenvalue weighted by Gasteiger charge is 2.13. The summed E-state index contributed by atoms with van der Waals surface area (Å²) in [6.45, 7) is 6.22. The van der Waals surface area contributed by atoms with Crippen LogP contribution in [0.3, 0.4) is 0 Å². The van der Waals surface area contributed by atoms with Crippen LogP contribution < -0.4 is 15.6 Å². The largest absolute Gasteiger partial charge is 0.493 e. The van der Waals surface area contributed by atoms with Crippen LogP contribution in [0.2, 0.25) is 0 Å². The highest BCUT2D eigenvalue weighted by Crippen LogP contribution is 2.17. The van der Waals surface area contributed by atoms with Gasteiger partial charge >= 0.3 is 0 Å². The molecular weight excluding hydrogens is 280 g/mol. The van der Waals surface area contributed by atoms with E-state index < -0.39 is 0 Å². The van der Waals surface area contributed by atoms with E-state index in [9.17, 15) is 9.59 Å². The molecule has 0 aliphatic heterocycles. The Hall–Kier alpha value is -2.56. The van der Waals surface area contributed by atoms with E-state index in [-0.39, 0.29) is 18.0 Å². The lowest BCUT2D eigenvalue weighted by molar-refractivity contribution is 0.0947. The summed E-state index contributed by atoms with van der Waals surface area (Å²) in [4.78, 5) is 27.0. The Bertz CT molecular complexity index is 735. The summed E-state index contributed by atoms with van der Waals surface area (Å²) in [5.41, 5.74) is 2.52. The molecule has 2 rings (SSSR count). The van der Waals surface area contributed by atoms with Crippen molar-refractivity contribution in [2.24, 2.45) is 0 Å². The topological polar surface area (TPSA) is 71.2 Å². The molecule has 2 aromatic rings. The van der Waals surface area contributed by atoms with E-state index in [1.807, 2.05) is 32.9 Å². The van der Waals surface area contributed by atoms with E-state index in [1.54, 1.807) is 18.2 Å². The van der Waals surface area contributed by atoms with Crippen molar-refractivity contribution in [1.82, 2.24) is 10.3 Å². The summed E-state index contributed by atoms with van der Waals surface area (Å²) in [6, 6.07) is 8.93. The quantitative estimate of drug-likeness (QED) is 0.890. The van der Waals surface area contributed by atoms with Gasteiger partial charge in [-0.3, -0.25) is 9.59 Å². The summed E-state index contributed by atoms with van der Waals surface area (Å²) in [6.07, 6.45) is 0. The number of rotatable bonds is 5. The van der Waals surface area contributed by atoms with Gasteiger partial charge in [0.1, 0.15) is 5.75 Å². The van der Waals surface area contributed by atoms with Crippen LogP contribution in [0.4, 0.5) is 0 Å². The molecular formula is C17H20N2O3. The second kappa shape index (κ2) is 6.93. The summed E-state index contributed by atoms with van der Waals surface area (Å²) in [7, 11) is 0. The number of H-pyrrole nitrogens is 1. The lowest BCUT2D eigenvalue weighted by Gasteiger charge is -2.11. The number of nitrogens with one attached hydrogen (secondary N) is 2. The zero-order valence-electron chi connectivity index (χ0n) is 13.0. The number of carbonyl (C=O) groups excluding carboxylic acids is 1. The SMILES string of the molecule is CCOc1ccccc1C(=O)NCc1c(C)cc(C)[nH]c1=O. The molecule has 1 amide bonds. The summed E-state index contributed by atoms with van der Waals surface area (Å²) in [5, 5.41) is 2.78. The molecule has 0 aliphatic rings. The van der Waals surface area contributed by atoms with Crippen molar-refractivity contribution in [2.75, 3.05) is 6.61 Å². The number of amides is 1. The molecule has 0 spiro atoms. The molecule has 0 saturated carbocycles. The average Bonchev–Trinajstić information content (AvgIpc) is 2.46. The van der Waals surface area contributed by atoms with Crippen LogP contribution in [0.1, 0.15) is 34.1 Å². The first-order valence-corrected chi connectivity index (χ1v) is 7.22. The van der Waals surface area contributed by atoms with Crippen LogP contribution >= 0.6 is 0 Å². The Balaban J connectivity index is 2.16. The Morgan fingerprint density at radius 1 is 1.27 bits per heavy atom. The first-order valence-electron chi connectivity index (χ1n) is 7.22.